The number of para-hydroxylation sites is 3. The molecule has 5 nitrogen and oxygen atoms in total. The summed E-state index contributed by atoms with van der Waals surface area (Å²) in [4.78, 5) is 7.24. The Kier molecular flexibility index (Phi) is 6.79. The SMILES string of the molecule is c1ccc(-c2cccc(N(c3cccc4c3oc3ccc5nc(-c6ccccc6)oc5c34)c3cccc4c3c3ccccc3n4-c3ccccc3)c2)cc1. The minimum Gasteiger partial charge on any atom is -0.454 e. The van der Waals surface area contributed by atoms with Crippen LogP contribution in [0, 0.1) is 0 Å². The fourth-order valence-electron chi connectivity index (χ4n) is 8.04. The number of nitrogens with zero attached hydrogens (tertiary/aromatic N) is 3. The van der Waals surface area contributed by atoms with Crippen molar-refractivity contribution in [3.63, 3.8) is 0 Å². The number of anilines is 3. The summed E-state index contributed by atoms with van der Waals surface area (Å²) in [6.07, 6.45) is 0. The van der Waals surface area contributed by atoms with Gasteiger partial charge in [0, 0.05) is 33.1 Å². The van der Waals surface area contributed by atoms with Crippen LogP contribution >= 0.6 is 0 Å². The van der Waals surface area contributed by atoms with Crippen molar-refractivity contribution >= 4 is 71.9 Å². The van der Waals surface area contributed by atoms with Crippen molar-refractivity contribution in [1.82, 2.24) is 9.55 Å². The molecule has 0 fully saturated rings. The van der Waals surface area contributed by atoms with E-state index in [0.717, 1.165) is 83.3 Å². The average molecular weight is 694 g/mol. The van der Waals surface area contributed by atoms with Crippen LogP contribution in [-0.4, -0.2) is 9.55 Å². The number of furan rings is 1. The molecule has 0 unspecified atom stereocenters. The lowest BCUT2D eigenvalue weighted by Gasteiger charge is -2.27. The van der Waals surface area contributed by atoms with Crippen LogP contribution in [0.4, 0.5) is 17.1 Å². The molecule has 3 heterocycles. The first kappa shape index (κ1) is 30.3. The molecular formula is C49H31N3O2. The standard InChI is InChI=1S/C49H31N3O2/c1-4-15-32(16-5-1)34-19-12-22-36(31-34)52(42-27-14-26-41-45(42)37-23-10-11-25-40(37)51(41)35-20-8-3-9-21-35)43-28-13-24-38-46-44(53-47(38)43)30-29-39-48(46)54-49(50-39)33-17-6-2-7-18-33/h1-31H. The maximum absolute atomic E-state index is 6.88. The number of hydrogen-bond acceptors (Lipinski definition) is 4. The van der Waals surface area contributed by atoms with E-state index in [2.05, 4.69) is 155 Å². The third-order valence-corrected chi connectivity index (χ3v) is 10.4. The van der Waals surface area contributed by atoms with E-state index >= 15 is 0 Å². The molecule has 0 saturated carbocycles. The molecule has 0 aliphatic carbocycles. The van der Waals surface area contributed by atoms with Crippen LogP contribution in [0.2, 0.25) is 0 Å². The second kappa shape index (κ2) is 12.1. The molecule has 254 valence electrons. The van der Waals surface area contributed by atoms with E-state index < -0.39 is 0 Å². The molecule has 0 radical (unpaired) electrons. The summed E-state index contributed by atoms with van der Waals surface area (Å²) in [5, 5.41) is 4.20. The minimum atomic E-state index is 0.587. The quantitative estimate of drug-likeness (QED) is 0.174. The molecule has 54 heavy (non-hydrogen) atoms. The number of hydrogen-bond donors (Lipinski definition) is 0. The summed E-state index contributed by atoms with van der Waals surface area (Å²) in [5.41, 5.74) is 12.6. The maximum Gasteiger partial charge on any atom is 0.227 e. The predicted octanol–water partition coefficient (Wildman–Crippen LogP) is 13.6. The van der Waals surface area contributed by atoms with Gasteiger partial charge in [0.1, 0.15) is 11.1 Å². The average Bonchev–Trinajstić information content (AvgIpc) is 3.95. The Morgan fingerprint density at radius 3 is 1.93 bits per heavy atom. The van der Waals surface area contributed by atoms with E-state index in [1.807, 2.05) is 42.5 Å². The molecule has 0 aliphatic heterocycles. The summed E-state index contributed by atoms with van der Waals surface area (Å²) in [5.74, 6) is 0.587. The van der Waals surface area contributed by atoms with Crippen LogP contribution in [0.1, 0.15) is 0 Å². The molecule has 11 aromatic rings. The number of oxazole rings is 1. The zero-order chi connectivity index (χ0) is 35.6. The lowest BCUT2D eigenvalue weighted by atomic mass is 10.0. The number of benzene rings is 8. The van der Waals surface area contributed by atoms with Gasteiger partial charge in [-0.1, -0.05) is 115 Å². The van der Waals surface area contributed by atoms with Gasteiger partial charge in [-0.25, -0.2) is 4.98 Å². The fourth-order valence-corrected chi connectivity index (χ4v) is 8.04. The molecule has 0 saturated heterocycles. The lowest BCUT2D eigenvalue weighted by Crippen LogP contribution is -2.11. The third kappa shape index (κ3) is 4.69. The molecule has 0 bridgehead atoms. The summed E-state index contributed by atoms with van der Waals surface area (Å²) in [6.45, 7) is 0. The highest BCUT2D eigenvalue weighted by Gasteiger charge is 2.25. The molecule has 3 aromatic heterocycles. The van der Waals surface area contributed by atoms with Gasteiger partial charge in [0.15, 0.2) is 11.2 Å². The number of fused-ring (bicyclic) bond motifs is 8. The molecule has 0 atom stereocenters. The number of aromatic nitrogens is 2. The van der Waals surface area contributed by atoms with Crippen LogP contribution < -0.4 is 4.90 Å². The van der Waals surface area contributed by atoms with Gasteiger partial charge in [-0.3, -0.25) is 0 Å². The third-order valence-electron chi connectivity index (χ3n) is 10.4. The largest absolute Gasteiger partial charge is 0.454 e. The van der Waals surface area contributed by atoms with Crippen molar-refractivity contribution in [2.24, 2.45) is 0 Å². The van der Waals surface area contributed by atoms with E-state index in [4.69, 9.17) is 13.8 Å². The Hall–Kier alpha value is -7.37. The fraction of sp³-hybridized carbons (Fsp3) is 0. The normalized spacial score (nSPS) is 11.7. The Bertz CT molecular complexity index is 3160. The van der Waals surface area contributed by atoms with Crippen molar-refractivity contribution in [3.8, 4) is 28.3 Å². The van der Waals surface area contributed by atoms with Crippen LogP contribution in [-0.2, 0) is 0 Å². The van der Waals surface area contributed by atoms with Gasteiger partial charge in [0.25, 0.3) is 0 Å². The highest BCUT2D eigenvalue weighted by Crippen LogP contribution is 2.48. The van der Waals surface area contributed by atoms with Gasteiger partial charge < -0.3 is 18.3 Å². The predicted molar refractivity (Wildman–Crippen MR) is 221 cm³/mol. The van der Waals surface area contributed by atoms with Gasteiger partial charge in [-0.05, 0) is 83.9 Å². The van der Waals surface area contributed by atoms with Crippen molar-refractivity contribution < 1.29 is 8.83 Å². The second-order valence-corrected chi connectivity index (χ2v) is 13.5. The van der Waals surface area contributed by atoms with Crippen molar-refractivity contribution in [3.05, 3.63) is 188 Å². The minimum absolute atomic E-state index is 0.587. The Morgan fingerprint density at radius 1 is 0.444 bits per heavy atom. The first-order valence-corrected chi connectivity index (χ1v) is 18.1. The topological polar surface area (TPSA) is 47.3 Å². The van der Waals surface area contributed by atoms with Crippen LogP contribution in [0.25, 0.3) is 83.1 Å². The molecule has 5 heteroatoms. The molecule has 8 aromatic carbocycles. The van der Waals surface area contributed by atoms with Crippen LogP contribution in [0.3, 0.4) is 0 Å². The zero-order valence-corrected chi connectivity index (χ0v) is 29.1. The first-order valence-electron chi connectivity index (χ1n) is 18.1. The highest BCUT2D eigenvalue weighted by molar-refractivity contribution is 6.21. The van der Waals surface area contributed by atoms with Gasteiger partial charge in [-0.15, -0.1) is 0 Å². The van der Waals surface area contributed by atoms with E-state index in [1.165, 1.54) is 5.39 Å². The molecular weight excluding hydrogens is 663 g/mol. The van der Waals surface area contributed by atoms with Crippen molar-refractivity contribution in [2.45, 2.75) is 0 Å². The highest BCUT2D eigenvalue weighted by atomic mass is 16.4. The van der Waals surface area contributed by atoms with Crippen molar-refractivity contribution in [1.29, 1.82) is 0 Å². The van der Waals surface area contributed by atoms with Gasteiger partial charge >= 0.3 is 0 Å². The second-order valence-electron chi connectivity index (χ2n) is 13.5. The zero-order valence-electron chi connectivity index (χ0n) is 29.1. The van der Waals surface area contributed by atoms with E-state index in [0.29, 0.717) is 11.5 Å². The summed E-state index contributed by atoms with van der Waals surface area (Å²) >= 11 is 0. The molecule has 0 N–H and O–H groups in total. The Labute approximate surface area is 310 Å². The Balaban J connectivity index is 1.21. The van der Waals surface area contributed by atoms with E-state index in [-0.39, 0.29) is 0 Å². The van der Waals surface area contributed by atoms with E-state index in [1.54, 1.807) is 0 Å². The molecule has 0 spiro atoms. The summed E-state index contributed by atoms with van der Waals surface area (Å²) in [6, 6.07) is 65.6. The van der Waals surface area contributed by atoms with Crippen LogP contribution in [0.15, 0.2) is 197 Å². The summed E-state index contributed by atoms with van der Waals surface area (Å²) < 4.78 is 15.8. The van der Waals surface area contributed by atoms with Crippen molar-refractivity contribution in [2.75, 3.05) is 4.90 Å². The van der Waals surface area contributed by atoms with Gasteiger partial charge in [0.2, 0.25) is 5.89 Å². The van der Waals surface area contributed by atoms with Crippen LogP contribution in [0.5, 0.6) is 0 Å². The van der Waals surface area contributed by atoms with Gasteiger partial charge in [0.05, 0.1) is 27.8 Å². The monoisotopic (exact) mass is 693 g/mol. The lowest BCUT2D eigenvalue weighted by molar-refractivity contribution is 0.622. The molecule has 0 aliphatic rings. The van der Waals surface area contributed by atoms with E-state index in [9.17, 15) is 0 Å². The Morgan fingerprint density at radius 2 is 1.09 bits per heavy atom. The number of rotatable bonds is 6. The molecule has 0 amide bonds. The smallest absolute Gasteiger partial charge is 0.227 e. The molecule has 11 rings (SSSR count). The van der Waals surface area contributed by atoms with Gasteiger partial charge in [-0.2, -0.15) is 0 Å². The first-order chi connectivity index (χ1) is 26.8. The summed E-state index contributed by atoms with van der Waals surface area (Å²) in [7, 11) is 0. The maximum atomic E-state index is 6.88.